The van der Waals surface area contributed by atoms with Crippen LogP contribution in [-0.4, -0.2) is 22.3 Å². The summed E-state index contributed by atoms with van der Waals surface area (Å²) in [6.45, 7) is 0. The number of aryl methyl sites for hydroxylation is 1. The fraction of sp³-hybridized carbons (Fsp3) is 0.182. The molecule has 4 heteroatoms. The summed E-state index contributed by atoms with van der Waals surface area (Å²) >= 11 is 0. The Kier molecular flexibility index (Phi) is 2.88. The Morgan fingerprint density at radius 2 is 2.07 bits per heavy atom. The molecule has 1 radical (unpaired) electrons. The van der Waals surface area contributed by atoms with Crippen molar-refractivity contribution in [2.45, 2.75) is 6.42 Å². The normalized spacial score (nSPS) is 10.3. The van der Waals surface area contributed by atoms with Crippen molar-refractivity contribution in [2.75, 3.05) is 0 Å². The predicted octanol–water partition coefficient (Wildman–Crippen LogP) is 0.248. The van der Waals surface area contributed by atoms with E-state index in [-0.39, 0.29) is 0 Å². The second-order valence-corrected chi connectivity index (χ2v) is 3.46. The van der Waals surface area contributed by atoms with Gasteiger partial charge in [0.25, 0.3) is 0 Å². The summed E-state index contributed by atoms with van der Waals surface area (Å²) in [7, 11) is 2.98. The zero-order chi connectivity index (χ0) is 10.7. The van der Waals surface area contributed by atoms with E-state index in [1.54, 1.807) is 10.9 Å². The summed E-state index contributed by atoms with van der Waals surface area (Å²) in [6.07, 6.45) is 2.45. The van der Waals surface area contributed by atoms with Crippen LogP contribution in [0.3, 0.4) is 0 Å². The predicted molar refractivity (Wildman–Crippen MR) is 60.1 cm³/mol. The first-order chi connectivity index (χ1) is 7.31. The van der Waals surface area contributed by atoms with Crippen LogP contribution in [0.25, 0.3) is 0 Å². The van der Waals surface area contributed by atoms with Gasteiger partial charge in [0.05, 0.1) is 0 Å². The van der Waals surface area contributed by atoms with Crippen LogP contribution in [0.15, 0.2) is 36.5 Å². The van der Waals surface area contributed by atoms with Crippen molar-refractivity contribution in [1.82, 2.24) is 9.78 Å². The fourth-order valence-corrected chi connectivity index (χ4v) is 1.59. The van der Waals surface area contributed by atoms with Crippen molar-refractivity contribution < 1.29 is 5.02 Å². The summed E-state index contributed by atoms with van der Waals surface area (Å²) in [4.78, 5) is 0. The maximum atomic E-state index is 9.03. The molecule has 3 nitrogen and oxygen atoms in total. The molecule has 2 rings (SSSR count). The van der Waals surface area contributed by atoms with Crippen LogP contribution in [0, 0.1) is 0 Å². The maximum Gasteiger partial charge on any atom is 0.330 e. The van der Waals surface area contributed by atoms with Crippen LogP contribution < -0.4 is 5.46 Å². The molecule has 0 aliphatic heterocycles. The topological polar surface area (TPSA) is 38.0 Å². The fourth-order valence-electron chi connectivity index (χ4n) is 1.59. The Morgan fingerprint density at radius 3 is 2.73 bits per heavy atom. The first-order valence-corrected chi connectivity index (χ1v) is 4.83. The lowest BCUT2D eigenvalue weighted by Gasteiger charge is -2.04. The summed E-state index contributed by atoms with van der Waals surface area (Å²) < 4.78 is 1.79. The Labute approximate surface area is 89.6 Å². The number of aromatic nitrogens is 2. The van der Waals surface area contributed by atoms with Gasteiger partial charge in [-0.05, 0) is 11.0 Å². The third-order valence-corrected chi connectivity index (χ3v) is 2.45. The third kappa shape index (κ3) is 2.10. The summed E-state index contributed by atoms with van der Waals surface area (Å²) in [5.74, 6) is 0. The highest BCUT2D eigenvalue weighted by Gasteiger charge is 2.08. The molecule has 15 heavy (non-hydrogen) atoms. The Balaban J connectivity index is 2.27. The van der Waals surface area contributed by atoms with Crippen molar-refractivity contribution in [3.8, 4) is 0 Å². The maximum absolute atomic E-state index is 9.03. The largest absolute Gasteiger partial charge is 0.450 e. The van der Waals surface area contributed by atoms with Gasteiger partial charge in [0.2, 0.25) is 0 Å². The smallest absolute Gasteiger partial charge is 0.330 e. The molecule has 1 heterocycles. The molecule has 0 bridgehead atoms. The van der Waals surface area contributed by atoms with Gasteiger partial charge in [-0.2, -0.15) is 5.10 Å². The molecular formula is C11H12BN2O. The van der Waals surface area contributed by atoms with Crippen LogP contribution in [0.5, 0.6) is 0 Å². The molecule has 0 aliphatic rings. The van der Waals surface area contributed by atoms with Gasteiger partial charge in [0.15, 0.2) is 0 Å². The van der Waals surface area contributed by atoms with Crippen molar-refractivity contribution >= 4 is 12.9 Å². The van der Waals surface area contributed by atoms with E-state index in [4.69, 9.17) is 5.02 Å². The average molecular weight is 199 g/mol. The Bertz CT molecular complexity index is 439. The van der Waals surface area contributed by atoms with Crippen LogP contribution in [0.4, 0.5) is 0 Å². The summed E-state index contributed by atoms with van der Waals surface area (Å²) in [5, 5.41) is 13.1. The molecule has 0 saturated heterocycles. The molecule has 0 spiro atoms. The van der Waals surface area contributed by atoms with Crippen molar-refractivity contribution in [3.05, 3.63) is 47.8 Å². The highest BCUT2D eigenvalue weighted by molar-refractivity contribution is 6.46. The van der Waals surface area contributed by atoms with Gasteiger partial charge in [0.1, 0.15) is 0 Å². The minimum atomic E-state index is 0.779. The number of nitrogens with zero attached hydrogens (tertiary/aromatic N) is 2. The lowest BCUT2D eigenvalue weighted by Crippen LogP contribution is -2.18. The molecule has 2 aromatic rings. The molecule has 0 fully saturated rings. The molecular weight excluding hydrogens is 187 g/mol. The lowest BCUT2D eigenvalue weighted by molar-refractivity contribution is 0.614. The third-order valence-electron chi connectivity index (χ3n) is 2.45. The van der Waals surface area contributed by atoms with E-state index in [2.05, 4.69) is 17.2 Å². The van der Waals surface area contributed by atoms with E-state index in [9.17, 15) is 0 Å². The summed E-state index contributed by atoms with van der Waals surface area (Å²) in [6, 6.07) is 10.1. The van der Waals surface area contributed by atoms with E-state index in [0.717, 1.165) is 25.1 Å². The molecule has 0 unspecified atom stereocenters. The van der Waals surface area contributed by atoms with Gasteiger partial charge in [-0.1, -0.05) is 30.3 Å². The molecule has 0 atom stereocenters. The SMILES string of the molecule is Cn1ncc([B]O)c1Cc1ccccc1. The summed E-state index contributed by atoms with van der Waals surface area (Å²) in [5.41, 5.74) is 3.01. The zero-order valence-electron chi connectivity index (χ0n) is 8.59. The van der Waals surface area contributed by atoms with Gasteiger partial charge < -0.3 is 5.02 Å². The van der Waals surface area contributed by atoms with Gasteiger partial charge in [-0.15, -0.1) is 0 Å². The molecule has 75 valence electrons. The quantitative estimate of drug-likeness (QED) is 0.719. The molecule has 0 amide bonds. The second kappa shape index (κ2) is 4.32. The monoisotopic (exact) mass is 199 g/mol. The first kappa shape index (κ1) is 9.99. The highest BCUT2D eigenvalue weighted by atomic mass is 16.2. The van der Waals surface area contributed by atoms with Gasteiger partial charge in [-0.25, -0.2) is 0 Å². The molecule has 1 aromatic heterocycles. The standard InChI is InChI=1S/C11H12BN2O/c1-14-11(10(12-15)8-13-14)7-9-5-3-2-4-6-9/h2-6,8,15H,7H2,1H3. The van der Waals surface area contributed by atoms with Gasteiger partial charge in [0, 0.05) is 25.4 Å². The Morgan fingerprint density at radius 1 is 1.33 bits per heavy atom. The number of rotatable bonds is 3. The Hall–Kier alpha value is -1.55. The number of hydrogen-bond acceptors (Lipinski definition) is 2. The van der Waals surface area contributed by atoms with E-state index < -0.39 is 0 Å². The second-order valence-electron chi connectivity index (χ2n) is 3.46. The molecule has 0 saturated carbocycles. The average Bonchev–Trinajstić information content (AvgIpc) is 2.62. The first-order valence-electron chi connectivity index (χ1n) is 4.83. The molecule has 1 N–H and O–H groups in total. The molecule has 0 aliphatic carbocycles. The van der Waals surface area contributed by atoms with E-state index in [1.165, 1.54) is 5.56 Å². The minimum Gasteiger partial charge on any atom is -0.450 e. The number of hydrogen-bond donors (Lipinski definition) is 1. The van der Waals surface area contributed by atoms with Gasteiger partial charge in [-0.3, -0.25) is 4.68 Å². The van der Waals surface area contributed by atoms with Crippen molar-refractivity contribution in [2.24, 2.45) is 7.05 Å². The minimum absolute atomic E-state index is 0.779. The zero-order valence-corrected chi connectivity index (χ0v) is 8.59. The number of benzene rings is 1. The van der Waals surface area contributed by atoms with Crippen LogP contribution in [-0.2, 0) is 13.5 Å². The van der Waals surface area contributed by atoms with Gasteiger partial charge >= 0.3 is 7.48 Å². The van der Waals surface area contributed by atoms with Crippen molar-refractivity contribution in [3.63, 3.8) is 0 Å². The van der Waals surface area contributed by atoms with Crippen LogP contribution in [0.2, 0.25) is 0 Å². The van der Waals surface area contributed by atoms with E-state index in [1.807, 2.05) is 25.2 Å². The highest BCUT2D eigenvalue weighted by Crippen LogP contribution is 2.05. The lowest BCUT2D eigenvalue weighted by atomic mass is 9.87. The van der Waals surface area contributed by atoms with Crippen LogP contribution >= 0.6 is 0 Å². The molecule has 1 aromatic carbocycles. The van der Waals surface area contributed by atoms with Crippen LogP contribution in [0.1, 0.15) is 11.3 Å². The van der Waals surface area contributed by atoms with Crippen molar-refractivity contribution in [1.29, 1.82) is 0 Å². The van der Waals surface area contributed by atoms with E-state index in [0.29, 0.717) is 0 Å². The van der Waals surface area contributed by atoms with E-state index >= 15 is 0 Å².